The lowest BCUT2D eigenvalue weighted by Crippen LogP contribution is -2.31. The van der Waals surface area contributed by atoms with Gasteiger partial charge in [-0.2, -0.15) is 0 Å². The number of hydrogen-bond acceptors (Lipinski definition) is 9. The molecule has 0 aliphatic heterocycles. The first-order valence-corrected chi connectivity index (χ1v) is 15.0. The highest BCUT2D eigenvalue weighted by Gasteiger charge is 2.21. The van der Waals surface area contributed by atoms with Crippen LogP contribution in [-0.2, 0) is 22.1 Å². The van der Waals surface area contributed by atoms with E-state index in [2.05, 4.69) is 17.2 Å². The van der Waals surface area contributed by atoms with Gasteiger partial charge in [-0.1, -0.05) is 37.6 Å². The molecule has 0 radical (unpaired) electrons. The number of anilines is 1. The minimum atomic E-state index is -1.17. The number of thiazole rings is 1. The van der Waals surface area contributed by atoms with Crippen molar-refractivity contribution in [2.24, 2.45) is 0 Å². The summed E-state index contributed by atoms with van der Waals surface area (Å²) in [4.78, 5) is 23.9. The lowest BCUT2D eigenvalue weighted by Gasteiger charge is -2.11. The number of unbranched alkanes of at least 4 members (excludes halogenated alkanes) is 1. The second-order valence-corrected chi connectivity index (χ2v) is 12.4. The smallest absolute Gasteiger partial charge is 0.407 e. The first-order valence-electron chi connectivity index (χ1n) is 12.0. The molecule has 3 heterocycles. The highest BCUT2D eigenvalue weighted by molar-refractivity contribution is 7.87. The molecule has 11 heteroatoms. The Kier molecular flexibility index (Phi) is 9.25. The van der Waals surface area contributed by atoms with Crippen molar-refractivity contribution in [3.8, 4) is 21.8 Å². The zero-order valence-electron chi connectivity index (χ0n) is 21.2. The molecule has 1 unspecified atom stereocenters. The van der Waals surface area contributed by atoms with E-state index < -0.39 is 16.9 Å². The summed E-state index contributed by atoms with van der Waals surface area (Å²) in [6.45, 7) is 3.52. The number of amides is 1. The second kappa shape index (κ2) is 12.6. The van der Waals surface area contributed by atoms with E-state index in [0.29, 0.717) is 22.2 Å². The molecule has 0 spiro atoms. The summed E-state index contributed by atoms with van der Waals surface area (Å²) in [5.41, 5.74) is 10.6. The molecule has 3 N–H and O–H groups in total. The van der Waals surface area contributed by atoms with Crippen LogP contribution in [0, 0.1) is 0 Å². The Morgan fingerprint density at radius 2 is 2.03 bits per heavy atom. The molecule has 0 aliphatic carbocycles. The van der Waals surface area contributed by atoms with Gasteiger partial charge in [-0.3, -0.25) is 4.21 Å². The predicted molar refractivity (Wildman–Crippen MR) is 154 cm³/mol. The molecular formula is C26H31N5O3S3. The number of carbonyl (C=O) groups is 1. The van der Waals surface area contributed by atoms with Crippen LogP contribution in [-0.4, -0.2) is 58.1 Å². The molecule has 8 nitrogen and oxygen atoms in total. The molecule has 3 aromatic heterocycles. The summed E-state index contributed by atoms with van der Waals surface area (Å²) < 4.78 is 19.0. The lowest BCUT2D eigenvalue weighted by molar-refractivity contribution is 0.139. The van der Waals surface area contributed by atoms with Crippen LogP contribution < -0.4 is 11.1 Å². The number of likely N-dealkylation sites (N-methyl/N-ethyl adjacent to an activating group) is 1. The van der Waals surface area contributed by atoms with E-state index in [1.54, 1.807) is 6.20 Å². The van der Waals surface area contributed by atoms with Gasteiger partial charge in [0.15, 0.2) is 0 Å². The van der Waals surface area contributed by atoms with Crippen molar-refractivity contribution in [1.82, 2.24) is 20.2 Å². The summed E-state index contributed by atoms with van der Waals surface area (Å²) in [5.74, 6) is 0.583. The fourth-order valence-electron chi connectivity index (χ4n) is 3.69. The van der Waals surface area contributed by atoms with Crippen molar-refractivity contribution in [3.05, 3.63) is 47.5 Å². The number of benzene rings is 1. The molecule has 0 saturated heterocycles. The van der Waals surface area contributed by atoms with E-state index in [-0.39, 0.29) is 6.61 Å². The SMILES string of the molecule is CCCCS(=O)c1sc2nc(-c3nccs3)cc(-c3ccc(COC(=O)NCCN(C)C)cc3)c2c1N. The number of alkyl carbamates (subject to hydrolysis) is 1. The van der Waals surface area contributed by atoms with E-state index in [0.717, 1.165) is 57.0 Å². The van der Waals surface area contributed by atoms with Crippen LogP contribution in [0.4, 0.5) is 10.5 Å². The van der Waals surface area contributed by atoms with Crippen LogP contribution in [0.3, 0.4) is 0 Å². The molecule has 0 fully saturated rings. The number of nitrogen functional groups attached to an aromatic ring is 1. The monoisotopic (exact) mass is 557 g/mol. The summed E-state index contributed by atoms with van der Waals surface area (Å²) in [7, 11) is 2.72. The topological polar surface area (TPSA) is 110 Å². The summed E-state index contributed by atoms with van der Waals surface area (Å²) in [5, 5.41) is 6.28. The van der Waals surface area contributed by atoms with E-state index in [4.69, 9.17) is 15.5 Å². The molecule has 1 amide bonds. The molecule has 1 aromatic carbocycles. The van der Waals surface area contributed by atoms with E-state index in [1.807, 2.05) is 54.7 Å². The fraction of sp³-hybridized carbons (Fsp3) is 0.346. The first-order chi connectivity index (χ1) is 17.9. The van der Waals surface area contributed by atoms with Crippen molar-refractivity contribution >= 4 is 55.5 Å². The zero-order valence-corrected chi connectivity index (χ0v) is 23.6. The van der Waals surface area contributed by atoms with Crippen LogP contribution in [0.15, 0.2) is 46.1 Å². The average molecular weight is 558 g/mol. The minimum absolute atomic E-state index is 0.172. The summed E-state index contributed by atoms with van der Waals surface area (Å²) in [6.07, 6.45) is 3.17. The Labute approximate surface area is 227 Å². The molecule has 196 valence electrons. The number of thiophene rings is 1. The van der Waals surface area contributed by atoms with Crippen molar-refractivity contribution in [1.29, 1.82) is 0 Å². The summed E-state index contributed by atoms with van der Waals surface area (Å²) >= 11 is 2.92. The third kappa shape index (κ3) is 6.72. The maximum absolute atomic E-state index is 13.0. The number of nitrogens with one attached hydrogen (secondary N) is 1. The molecule has 1 atom stereocenters. The molecular weight excluding hydrogens is 527 g/mol. The average Bonchev–Trinajstić information content (AvgIpc) is 3.54. The van der Waals surface area contributed by atoms with Gasteiger partial charge < -0.3 is 20.7 Å². The van der Waals surface area contributed by atoms with Gasteiger partial charge in [-0.25, -0.2) is 14.8 Å². The van der Waals surface area contributed by atoms with Crippen LogP contribution in [0.5, 0.6) is 0 Å². The number of aromatic nitrogens is 2. The molecule has 0 aliphatic rings. The number of hydrogen-bond donors (Lipinski definition) is 2. The number of ether oxygens (including phenoxy) is 1. The van der Waals surface area contributed by atoms with Gasteiger partial charge in [0.2, 0.25) is 0 Å². The standard InChI is InChI=1S/C26H31N5O3S3/c1-4-5-14-37(33)25-22(27)21-19(15-20(30-24(21)36-25)23-28-11-13-35-23)18-8-6-17(7-9-18)16-34-26(32)29-10-12-31(2)3/h6-9,11,13,15H,4-5,10,12,14,16,27H2,1-3H3,(H,29,32). The number of fused-ring (bicyclic) bond motifs is 1. The number of nitrogens with two attached hydrogens (primary N) is 1. The van der Waals surface area contributed by atoms with Crippen LogP contribution in [0.1, 0.15) is 25.3 Å². The third-order valence-electron chi connectivity index (χ3n) is 5.67. The van der Waals surface area contributed by atoms with Crippen molar-refractivity contribution in [3.63, 3.8) is 0 Å². The van der Waals surface area contributed by atoms with Gasteiger partial charge in [0.1, 0.15) is 26.3 Å². The zero-order chi connectivity index (χ0) is 26.4. The van der Waals surface area contributed by atoms with Gasteiger partial charge >= 0.3 is 6.09 Å². The Balaban J connectivity index is 1.62. The van der Waals surface area contributed by atoms with Crippen molar-refractivity contribution in [2.45, 2.75) is 30.6 Å². The van der Waals surface area contributed by atoms with Crippen LogP contribution in [0.25, 0.3) is 32.0 Å². The van der Waals surface area contributed by atoms with Crippen LogP contribution in [0.2, 0.25) is 0 Å². The maximum Gasteiger partial charge on any atom is 0.407 e. The van der Waals surface area contributed by atoms with Crippen molar-refractivity contribution in [2.75, 3.05) is 38.7 Å². The lowest BCUT2D eigenvalue weighted by atomic mass is 10.0. The largest absolute Gasteiger partial charge is 0.445 e. The van der Waals surface area contributed by atoms with Gasteiger partial charge in [-0.15, -0.1) is 22.7 Å². The Bertz CT molecular complexity index is 1370. The van der Waals surface area contributed by atoms with E-state index in [9.17, 15) is 9.00 Å². The van der Waals surface area contributed by atoms with Crippen molar-refractivity contribution < 1.29 is 13.7 Å². The van der Waals surface area contributed by atoms with Crippen LogP contribution >= 0.6 is 22.7 Å². The quantitative estimate of drug-likeness (QED) is 0.255. The number of pyridine rings is 1. The highest BCUT2D eigenvalue weighted by atomic mass is 32.2. The molecule has 37 heavy (non-hydrogen) atoms. The molecule has 4 aromatic rings. The normalized spacial score (nSPS) is 12.2. The van der Waals surface area contributed by atoms with Gasteiger partial charge in [0.05, 0.1) is 16.5 Å². The summed E-state index contributed by atoms with van der Waals surface area (Å²) in [6, 6.07) is 9.82. The molecule has 0 saturated carbocycles. The second-order valence-electron chi connectivity index (χ2n) is 8.78. The Morgan fingerprint density at radius 3 is 2.70 bits per heavy atom. The minimum Gasteiger partial charge on any atom is -0.445 e. The fourth-order valence-corrected chi connectivity index (χ4v) is 7.08. The number of carbonyl (C=O) groups excluding carboxylic acids is 1. The number of rotatable bonds is 11. The van der Waals surface area contributed by atoms with Gasteiger partial charge in [0, 0.05) is 35.8 Å². The number of nitrogens with zero attached hydrogens (tertiary/aromatic N) is 3. The van der Waals surface area contributed by atoms with Gasteiger partial charge in [-0.05, 0) is 43.3 Å². The van der Waals surface area contributed by atoms with E-state index >= 15 is 0 Å². The van der Waals surface area contributed by atoms with E-state index in [1.165, 1.54) is 22.7 Å². The molecule has 0 bridgehead atoms. The van der Waals surface area contributed by atoms with Gasteiger partial charge in [0.25, 0.3) is 0 Å². The predicted octanol–water partition coefficient (Wildman–Crippen LogP) is 5.36. The maximum atomic E-state index is 13.0. The third-order valence-corrected chi connectivity index (χ3v) is 9.46. The first kappa shape index (κ1) is 27.2. The Hall–Kier alpha value is -2.86. The molecule has 4 rings (SSSR count). The highest BCUT2D eigenvalue weighted by Crippen LogP contribution is 2.43. The Morgan fingerprint density at radius 1 is 1.24 bits per heavy atom.